The van der Waals surface area contributed by atoms with Gasteiger partial charge < -0.3 is 0 Å². The van der Waals surface area contributed by atoms with Gasteiger partial charge in [0.25, 0.3) is 0 Å². The number of rotatable bonds is 0. The zero-order valence-corrected chi connectivity index (χ0v) is 24.6. The fourth-order valence-electron chi connectivity index (χ4n) is 12.0. The summed E-state index contributed by atoms with van der Waals surface area (Å²) in [4.78, 5) is 0. The molecule has 9 aliphatic rings. The van der Waals surface area contributed by atoms with Crippen molar-refractivity contribution in [3.05, 3.63) is 0 Å². The molecule has 8 nitrogen and oxygen atoms in total. The summed E-state index contributed by atoms with van der Waals surface area (Å²) < 4.78 is 0. The van der Waals surface area contributed by atoms with E-state index in [-0.39, 0.29) is 39.6 Å². The number of hydrogen-bond donors (Lipinski definition) is 8. The van der Waals surface area contributed by atoms with E-state index in [2.05, 4.69) is 42.5 Å². The second-order valence-electron chi connectivity index (χ2n) is 15.6. The van der Waals surface area contributed by atoms with Crippen molar-refractivity contribution in [2.75, 3.05) is 0 Å². The summed E-state index contributed by atoms with van der Waals surface area (Å²) in [6.07, 6.45) is 25.6. The molecule has 0 radical (unpaired) electrons. The molecule has 8 atom stereocenters. The van der Waals surface area contributed by atoms with Crippen LogP contribution in [0, 0.1) is 47.3 Å². The van der Waals surface area contributed by atoms with Gasteiger partial charge in [-0.05, 0) is 98.7 Å². The standard InChI is InChI=1S/C32H56N8.2Ga.6H/c1-2-10-18-17(9-1)25-33-26(18)38-28-21-13-5-6-14-22(21)30(35-28)40-32-24-16-8-7-15-23(24)31(36-32)39-29-20-12-4-3-11-19(20)27(34-29)37-25;;;;;;;;/h17-40H,1-16H2;;;;;;;;. The molecule has 0 spiro atoms. The first-order chi connectivity index (χ1) is 19.8. The van der Waals surface area contributed by atoms with Gasteiger partial charge in [-0.3, -0.25) is 42.5 Å². The summed E-state index contributed by atoms with van der Waals surface area (Å²) >= 11 is 0. The van der Waals surface area contributed by atoms with Crippen LogP contribution in [-0.4, -0.2) is 88.9 Å². The van der Waals surface area contributed by atoms with Crippen LogP contribution in [-0.2, 0) is 0 Å². The molecule has 8 unspecified atom stereocenters. The number of fused-ring (bicyclic) bond motifs is 20. The van der Waals surface area contributed by atoms with E-state index < -0.39 is 0 Å². The fourth-order valence-corrected chi connectivity index (χ4v) is 12.0. The third kappa shape index (κ3) is 5.51. The van der Waals surface area contributed by atoms with Crippen molar-refractivity contribution in [3.8, 4) is 0 Å². The molecule has 8 bridgehead atoms. The van der Waals surface area contributed by atoms with E-state index in [0.717, 1.165) is 47.3 Å². The van der Waals surface area contributed by atoms with E-state index in [1.165, 1.54) is 103 Å². The maximum atomic E-state index is 4.26. The Bertz CT molecular complexity index is 721. The SMILES string of the molecule is C1CCC2C3NC(NC4NC(NC5NC(NC6NC(N3)C3CCCCC63)C3CCCCC53)C3CCCCC43)C2C1.[GaH3].[GaH3]. The van der Waals surface area contributed by atoms with E-state index in [4.69, 9.17) is 0 Å². The van der Waals surface area contributed by atoms with Crippen LogP contribution in [0.2, 0.25) is 0 Å². The summed E-state index contributed by atoms with van der Waals surface area (Å²) in [7, 11) is 0. The second-order valence-corrected chi connectivity index (χ2v) is 15.6. The van der Waals surface area contributed by atoms with Crippen LogP contribution in [0.25, 0.3) is 0 Å². The zero-order valence-electron chi connectivity index (χ0n) is 24.6. The molecule has 4 saturated carbocycles. The average Bonchev–Trinajstić information content (AvgIpc) is 3.73. The van der Waals surface area contributed by atoms with Gasteiger partial charge in [0.05, 0.1) is 49.3 Å². The molecule has 5 aliphatic heterocycles. The molecule has 5 saturated heterocycles. The van der Waals surface area contributed by atoms with Gasteiger partial charge in [0.1, 0.15) is 0 Å². The van der Waals surface area contributed by atoms with Crippen LogP contribution < -0.4 is 42.5 Å². The molecule has 10 heteroatoms. The molecule has 0 aromatic rings. The second kappa shape index (κ2) is 13.2. The Morgan fingerprint density at radius 1 is 0.214 bits per heavy atom. The van der Waals surface area contributed by atoms with Crippen molar-refractivity contribution in [3.63, 3.8) is 0 Å². The minimum absolute atomic E-state index is 0. The zero-order chi connectivity index (χ0) is 26.2. The van der Waals surface area contributed by atoms with Gasteiger partial charge in [-0.2, -0.15) is 0 Å². The Hall–Kier alpha value is 0.953. The predicted octanol–water partition coefficient (Wildman–Crippen LogP) is 0.238. The topological polar surface area (TPSA) is 96.2 Å². The van der Waals surface area contributed by atoms with Crippen LogP contribution >= 0.6 is 0 Å². The molecular formula is C32H62Ga2N8. The Labute approximate surface area is 280 Å². The van der Waals surface area contributed by atoms with Gasteiger partial charge >= 0.3 is 39.6 Å². The Kier molecular flexibility index (Phi) is 9.93. The first-order valence-corrected chi connectivity index (χ1v) is 17.9. The van der Waals surface area contributed by atoms with E-state index in [1.54, 1.807) is 0 Å². The number of hydrogen-bond acceptors (Lipinski definition) is 8. The van der Waals surface area contributed by atoms with Gasteiger partial charge in [-0.1, -0.05) is 51.4 Å². The monoisotopic (exact) mass is 696 g/mol. The van der Waals surface area contributed by atoms with E-state index in [1.807, 2.05) is 0 Å². The van der Waals surface area contributed by atoms with Gasteiger partial charge in [-0.25, -0.2) is 0 Å². The van der Waals surface area contributed by atoms with Crippen molar-refractivity contribution in [2.24, 2.45) is 47.3 Å². The number of nitrogens with one attached hydrogen (secondary N) is 8. The first kappa shape index (κ1) is 31.5. The van der Waals surface area contributed by atoms with Gasteiger partial charge in [0.15, 0.2) is 0 Å². The van der Waals surface area contributed by atoms with Gasteiger partial charge in [-0.15, -0.1) is 0 Å². The molecule has 8 N–H and O–H groups in total. The summed E-state index contributed by atoms with van der Waals surface area (Å²) in [6, 6.07) is 0. The summed E-state index contributed by atoms with van der Waals surface area (Å²) in [6.45, 7) is 0. The summed E-state index contributed by atoms with van der Waals surface area (Å²) in [5.74, 6) is 5.97. The molecule has 4 aliphatic carbocycles. The molecular weight excluding hydrogens is 636 g/mol. The third-order valence-electron chi connectivity index (χ3n) is 13.8. The van der Waals surface area contributed by atoms with Crippen LogP contribution in [0.1, 0.15) is 103 Å². The molecule has 0 aromatic heterocycles. The van der Waals surface area contributed by atoms with Crippen LogP contribution in [0.5, 0.6) is 0 Å². The molecule has 42 heavy (non-hydrogen) atoms. The van der Waals surface area contributed by atoms with Crippen molar-refractivity contribution in [1.82, 2.24) is 42.5 Å². The molecule has 236 valence electrons. The van der Waals surface area contributed by atoms with Crippen LogP contribution in [0.4, 0.5) is 0 Å². The van der Waals surface area contributed by atoms with E-state index in [0.29, 0.717) is 49.3 Å². The van der Waals surface area contributed by atoms with Crippen LogP contribution in [0.3, 0.4) is 0 Å². The third-order valence-corrected chi connectivity index (χ3v) is 13.8. The first-order valence-electron chi connectivity index (χ1n) is 17.9. The minimum atomic E-state index is 0. The Balaban J connectivity index is 0.00000144. The van der Waals surface area contributed by atoms with Crippen LogP contribution in [0.15, 0.2) is 0 Å². The van der Waals surface area contributed by atoms with Gasteiger partial charge in [0, 0.05) is 0 Å². The summed E-state index contributed by atoms with van der Waals surface area (Å²) in [5, 5.41) is 33.8. The van der Waals surface area contributed by atoms with Crippen molar-refractivity contribution in [2.45, 2.75) is 152 Å². The molecule has 9 fully saturated rings. The molecule has 0 aromatic carbocycles. The molecule has 0 amide bonds. The van der Waals surface area contributed by atoms with Gasteiger partial charge in [0.2, 0.25) is 0 Å². The fraction of sp³-hybridized carbons (Fsp3) is 1.00. The van der Waals surface area contributed by atoms with E-state index in [9.17, 15) is 0 Å². The Morgan fingerprint density at radius 3 is 0.452 bits per heavy atom. The predicted molar refractivity (Wildman–Crippen MR) is 177 cm³/mol. The maximum absolute atomic E-state index is 4.26. The van der Waals surface area contributed by atoms with Crippen molar-refractivity contribution >= 4 is 39.6 Å². The van der Waals surface area contributed by atoms with Crippen molar-refractivity contribution in [1.29, 1.82) is 0 Å². The van der Waals surface area contributed by atoms with E-state index >= 15 is 0 Å². The summed E-state index contributed by atoms with van der Waals surface area (Å²) in [5.41, 5.74) is 0. The molecule has 5 heterocycles. The quantitative estimate of drug-likeness (QED) is 0.171. The Morgan fingerprint density at radius 2 is 0.333 bits per heavy atom. The molecule has 9 rings (SSSR count). The van der Waals surface area contributed by atoms with Crippen molar-refractivity contribution < 1.29 is 0 Å². The normalized spacial score (nSPS) is 54.9. The average molecular weight is 698 g/mol.